The molecule has 0 bridgehead atoms. The van der Waals surface area contributed by atoms with Crippen molar-refractivity contribution >= 4 is 17.4 Å². The Bertz CT molecular complexity index is 637. The second kappa shape index (κ2) is 4.35. The summed E-state index contributed by atoms with van der Waals surface area (Å²) < 4.78 is 11.0. The van der Waals surface area contributed by atoms with E-state index in [1.54, 1.807) is 12.3 Å². The van der Waals surface area contributed by atoms with E-state index in [0.717, 1.165) is 22.4 Å². The highest BCUT2D eigenvalue weighted by molar-refractivity contribution is 6.34. The van der Waals surface area contributed by atoms with E-state index >= 15 is 0 Å². The molecule has 0 spiro atoms. The molecule has 0 aliphatic carbocycles. The molecule has 2 aromatic rings. The molecule has 100 valence electrons. The Morgan fingerprint density at radius 1 is 1.42 bits per heavy atom. The second-order valence-electron chi connectivity index (χ2n) is 4.73. The first-order valence-corrected chi connectivity index (χ1v) is 6.38. The molecule has 0 amide bonds. The van der Waals surface area contributed by atoms with Gasteiger partial charge in [0, 0.05) is 22.8 Å². The number of anilines is 1. The van der Waals surface area contributed by atoms with E-state index in [-0.39, 0.29) is 12.7 Å². The SMILES string of the molecule is CC(C)c1c2c(cc(Cl)c1-c1cn[nH]c1N)OCO2. The summed E-state index contributed by atoms with van der Waals surface area (Å²) in [4.78, 5) is 0. The average Bonchev–Trinajstić information content (AvgIpc) is 2.95. The molecule has 19 heavy (non-hydrogen) atoms. The van der Waals surface area contributed by atoms with E-state index in [4.69, 9.17) is 26.8 Å². The van der Waals surface area contributed by atoms with Crippen molar-refractivity contribution in [3.8, 4) is 22.6 Å². The van der Waals surface area contributed by atoms with E-state index in [1.165, 1.54) is 0 Å². The fraction of sp³-hybridized carbons (Fsp3) is 0.308. The maximum absolute atomic E-state index is 6.39. The molecule has 0 atom stereocenters. The van der Waals surface area contributed by atoms with Gasteiger partial charge in [0.2, 0.25) is 6.79 Å². The Kier molecular flexibility index (Phi) is 2.78. The summed E-state index contributed by atoms with van der Waals surface area (Å²) in [5, 5.41) is 7.26. The predicted octanol–water partition coefficient (Wildman–Crippen LogP) is 3.16. The Morgan fingerprint density at radius 2 is 2.21 bits per heavy atom. The highest BCUT2D eigenvalue weighted by Gasteiger charge is 2.27. The van der Waals surface area contributed by atoms with Gasteiger partial charge >= 0.3 is 0 Å². The number of fused-ring (bicyclic) bond motifs is 1. The van der Waals surface area contributed by atoms with Crippen molar-refractivity contribution in [1.82, 2.24) is 10.2 Å². The normalized spacial score (nSPS) is 13.3. The van der Waals surface area contributed by atoms with Crippen LogP contribution >= 0.6 is 11.6 Å². The summed E-state index contributed by atoms with van der Waals surface area (Å²) in [6.07, 6.45) is 1.67. The lowest BCUT2D eigenvalue weighted by Crippen LogP contribution is -1.99. The van der Waals surface area contributed by atoms with Crippen molar-refractivity contribution in [2.45, 2.75) is 19.8 Å². The van der Waals surface area contributed by atoms with Crippen LogP contribution in [0, 0.1) is 0 Å². The summed E-state index contributed by atoms with van der Waals surface area (Å²) >= 11 is 6.39. The molecule has 1 aliphatic rings. The molecule has 1 aromatic carbocycles. The number of nitrogens with two attached hydrogens (primary N) is 1. The average molecular weight is 280 g/mol. The van der Waals surface area contributed by atoms with Gasteiger partial charge in [-0.05, 0) is 5.92 Å². The third-order valence-corrected chi connectivity index (χ3v) is 3.47. The highest BCUT2D eigenvalue weighted by atomic mass is 35.5. The zero-order chi connectivity index (χ0) is 13.6. The van der Waals surface area contributed by atoms with Crippen LogP contribution in [-0.4, -0.2) is 17.0 Å². The smallest absolute Gasteiger partial charge is 0.231 e. The number of aromatic nitrogens is 2. The zero-order valence-corrected chi connectivity index (χ0v) is 11.4. The van der Waals surface area contributed by atoms with Gasteiger partial charge in [-0.2, -0.15) is 5.10 Å². The zero-order valence-electron chi connectivity index (χ0n) is 10.7. The van der Waals surface area contributed by atoms with Crippen molar-refractivity contribution in [2.75, 3.05) is 12.5 Å². The summed E-state index contributed by atoms with van der Waals surface area (Å²) in [7, 11) is 0. The first-order valence-electron chi connectivity index (χ1n) is 6.00. The van der Waals surface area contributed by atoms with Crippen LogP contribution in [-0.2, 0) is 0 Å². The number of rotatable bonds is 2. The van der Waals surface area contributed by atoms with Gasteiger partial charge < -0.3 is 15.2 Å². The van der Waals surface area contributed by atoms with Crippen molar-refractivity contribution in [3.63, 3.8) is 0 Å². The van der Waals surface area contributed by atoms with Crippen LogP contribution in [0.3, 0.4) is 0 Å². The number of H-pyrrole nitrogens is 1. The van der Waals surface area contributed by atoms with E-state index in [0.29, 0.717) is 16.6 Å². The van der Waals surface area contributed by atoms with Crippen molar-refractivity contribution < 1.29 is 9.47 Å². The standard InChI is InChI=1S/C13H14ClN3O2/c1-6(2)10-11(7-4-16-17-13(7)15)8(14)3-9-12(10)19-5-18-9/h3-4,6H,5H2,1-2H3,(H3,15,16,17). The van der Waals surface area contributed by atoms with Crippen LogP contribution in [0.1, 0.15) is 25.3 Å². The monoisotopic (exact) mass is 279 g/mol. The molecule has 2 heterocycles. The number of hydrogen-bond acceptors (Lipinski definition) is 4. The minimum atomic E-state index is 0.218. The van der Waals surface area contributed by atoms with E-state index < -0.39 is 0 Å². The van der Waals surface area contributed by atoms with Gasteiger partial charge in [-0.25, -0.2) is 0 Å². The van der Waals surface area contributed by atoms with Crippen LogP contribution in [0.4, 0.5) is 5.82 Å². The minimum Gasteiger partial charge on any atom is -0.454 e. The summed E-state index contributed by atoms with van der Waals surface area (Å²) in [6, 6.07) is 1.76. The Balaban J connectivity index is 2.32. The molecule has 0 unspecified atom stereocenters. The topological polar surface area (TPSA) is 73.2 Å². The minimum absolute atomic E-state index is 0.218. The van der Waals surface area contributed by atoms with Gasteiger partial charge in [0.15, 0.2) is 11.5 Å². The molecule has 3 N–H and O–H groups in total. The van der Waals surface area contributed by atoms with Crippen LogP contribution < -0.4 is 15.2 Å². The van der Waals surface area contributed by atoms with Crippen LogP contribution in [0.5, 0.6) is 11.5 Å². The molecule has 0 fully saturated rings. The van der Waals surface area contributed by atoms with E-state index in [1.807, 2.05) is 0 Å². The van der Waals surface area contributed by atoms with Gasteiger partial charge in [-0.15, -0.1) is 0 Å². The molecule has 6 heteroatoms. The van der Waals surface area contributed by atoms with Crippen LogP contribution in [0.2, 0.25) is 5.02 Å². The largest absolute Gasteiger partial charge is 0.454 e. The van der Waals surface area contributed by atoms with Crippen LogP contribution in [0.25, 0.3) is 11.1 Å². The third-order valence-electron chi connectivity index (χ3n) is 3.17. The van der Waals surface area contributed by atoms with Gasteiger partial charge in [-0.1, -0.05) is 25.4 Å². The lowest BCUT2D eigenvalue weighted by Gasteiger charge is -2.16. The number of aromatic amines is 1. The summed E-state index contributed by atoms with van der Waals surface area (Å²) in [5.41, 5.74) is 8.54. The first kappa shape index (κ1) is 12.2. The fourth-order valence-corrected chi connectivity index (χ4v) is 2.66. The Morgan fingerprint density at radius 3 is 2.84 bits per heavy atom. The molecule has 5 nitrogen and oxygen atoms in total. The number of halogens is 1. The maximum atomic E-state index is 6.39. The number of nitrogens with zero attached hydrogens (tertiary/aromatic N) is 1. The molecule has 3 rings (SSSR count). The number of nitrogens with one attached hydrogen (secondary N) is 1. The van der Waals surface area contributed by atoms with Gasteiger partial charge in [0.25, 0.3) is 0 Å². The Hall–Kier alpha value is -1.88. The lowest BCUT2D eigenvalue weighted by atomic mass is 9.92. The fourth-order valence-electron chi connectivity index (χ4n) is 2.36. The predicted molar refractivity (Wildman–Crippen MR) is 73.7 cm³/mol. The molecule has 0 radical (unpaired) electrons. The number of hydrogen-bond donors (Lipinski definition) is 2. The number of benzene rings is 1. The maximum Gasteiger partial charge on any atom is 0.231 e. The summed E-state index contributed by atoms with van der Waals surface area (Å²) in [5.74, 6) is 2.13. The summed E-state index contributed by atoms with van der Waals surface area (Å²) in [6.45, 7) is 4.37. The van der Waals surface area contributed by atoms with Crippen molar-refractivity contribution in [2.24, 2.45) is 0 Å². The molecule has 0 saturated carbocycles. The lowest BCUT2D eigenvalue weighted by molar-refractivity contribution is 0.173. The molecule has 0 saturated heterocycles. The second-order valence-corrected chi connectivity index (χ2v) is 5.14. The van der Waals surface area contributed by atoms with Crippen molar-refractivity contribution in [3.05, 3.63) is 22.8 Å². The third kappa shape index (κ3) is 1.81. The van der Waals surface area contributed by atoms with Gasteiger partial charge in [0.05, 0.1) is 11.2 Å². The van der Waals surface area contributed by atoms with Crippen LogP contribution in [0.15, 0.2) is 12.3 Å². The molecule has 1 aliphatic heterocycles. The first-order chi connectivity index (χ1) is 9.09. The van der Waals surface area contributed by atoms with Gasteiger partial charge in [-0.3, -0.25) is 5.10 Å². The highest BCUT2D eigenvalue weighted by Crippen LogP contribution is 2.49. The molecular formula is C13H14ClN3O2. The van der Waals surface area contributed by atoms with Crippen molar-refractivity contribution in [1.29, 1.82) is 0 Å². The van der Waals surface area contributed by atoms with Gasteiger partial charge in [0.1, 0.15) is 5.82 Å². The molecular weight excluding hydrogens is 266 g/mol. The van der Waals surface area contributed by atoms with E-state index in [9.17, 15) is 0 Å². The molecule has 1 aromatic heterocycles. The quantitative estimate of drug-likeness (QED) is 0.885. The number of nitrogen functional groups attached to an aromatic ring is 1. The number of ether oxygens (including phenoxy) is 2. The van der Waals surface area contributed by atoms with E-state index in [2.05, 4.69) is 24.0 Å². The Labute approximate surface area is 115 Å².